The third-order valence-electron chi connectivity index (χ3n) is 4.13. The maximum atomic E-state index is 12.7. The lowest BCUT2D eigenvalue weighted by molar-refractivity contribution is -0.151. The van der Waals surface area contributed by atoms with Crippen molar-refractivity contribution in [2.24, 2.45) is 5.41 Å². The van der Waals surface area contributed by atoms with Crippen molar-refractivity contribution in [2.75, 3.05) is 13.1 Å². The van der Waals surface area contributed by atoms with Crippen LogP contribution >= 0.6 is 15.9 Å². The van der Waals surface area contributed by atoms with Gasteiger partial charge in [0.25, 0.3) is 0 Å². The molecule has 0 saturated carbocycles. The molecule has 1 atom stereocenters. The predicted molar refractivity (Wildman–Crippen MR) is 82.5 cm³/mol. The Labute approximate surface area is 133 Å². The van der Waals surface area contributed by atoms with Gasteiger partial charge in [0.2, 0.25) is 10.0 Å². The van der Waals surface area contributed by atoms with Crippen LogP contribution < -0.4 is 0 Å². The molecule has 7 heteroatoms. The van der Waals surface area contributed by atoms with Crippen LogP contribution in [0.1, 0.15) is 26.2 Å². The summed E-state index contributed by atoms with van der Waals surface area (Å²) in [7, 11) is -3.68. The number of sulfonamides is 1. The van der Waals surface area contributed by atoms with Gasteiger partial charge in [0.05, 0.1) is 10.3 Å². The number of benzene rings is 1. The average molecular weight is 376 g/mol. The predicted octanol–water partition coefficient (Wildman–Crippen LogP) is 2.71. The smallest absolute Gasteiger partial charge is 0.310 e. The number of hydrogen-bond acceptors (Lipinski definition) is 3. The van der Waals surface area contributed by atoms with Crippen molar-refractivity contribution in [3.63, 3.8) is 0 Å². The van der Waals surface area contributed by atoms with Gasteiger partial charge < -0.3 is 5.11 Å². The van der Waals surface area contributed by atoms with E-state index in [9.17, 15) is 18.3 Å². The van der Waals surface area contributed by atoms with E-state index in [0.29, 0.717) is 30.3 Å². The van der Waals surface area contributed by atoms with Crippen molar-refractivity contribution < 1.29 is 18.3 Å². The van der Waals surface area contributed by atoms with E-state index in [0.717, 1.165) is 0 Å². The third-order valence-corrected chi connectivity index (χ3v) is 6.98. The van der Waals surface area contributed by atoms with E-state index in [1.807, 2.05) is 0 Å². The van der Waals surface area contributed by atoms with Gasteiger partial charge in [-0.2, -0.15) is 4.31 Å². The number of carbonyl (C=O) groups is 1. The number of hydrogen-bond donors (Lipinski definition) is 1. The normalized spacial score (nSPS) is 23.9. The van der Waals surface area contributed by atoms with Gasteiger partial charge in [-0.15, -0.1) is 0 Å². The van der Waals surface area contributed by atoms with Crippen LogP contribution in [-0.4, -0.2) is 36.9 Å². The van der Waals surface area contributed by atoms with Crippen LogP contribution in [0.3, 0.4) is 0 Å². The van der Waals surface area contributed by atoms with E-state index >= 15 is 0 Å². The fourth-order valence-electron chi connectivity index (χ4n) is 2.70. The van der Waals surface area contributed by atoms with Crippen molar-refractivity contribution >= 4 is 31.9 Å². The highest BCUT2D eigenvalue weighted by atomic mass is 79.9. The van der Waals surface area contributed by atoms with Gasteiger partial charge in [-0.3, -0.25) is 4.79 Å². The summed E-state index contributed by atoms with van der Waals surface area (Å²) < 4.78 is 27.3. The van der Waals surface area contributed by atoms with Crippen LogP contribution in [0.2, 0.25) is 0 Å². The van der Waals surface area contributed by atoms with Gasteiger partial charge in [-0.1, -0.05) is 19.1 Å². The zero-order valence-corrected chi connectivity index (χ0v) is 14.2. The lowest BCUT2D eigenvalue weighted by Crippen LogP contribution is -2.49. The number of aliphatic carboxylic acids is 1. The van der Waals surface area contributed by atoms with Crippen LogP contribution in [0.25, 0.3) is 0 Å². The summed E-state index contributed by atoms with van der Waals surface area (Å²) in [5.41, 5.74) is -0.980. The molecular weight excluding hydrogens is 358 g/mol. The molecule has 0 amide bonds. The summed E-state index contributed by atoms with van der Waals surface area (Å²) in [4.78, 5) is 11.7. The van der Waals surface area contributed by atoms with Crippen LogP contribution in [0.4, 0.5) is 0 Å². The minimum atomic E-state index is -3.68. The number of halogens is 1. The summed E-state index contributed by atoms with van der Waals surface area (Å²) in [6.45, 7) is 2.18. The lowest BCUT2D eigenvalue weighted by atomic mass is 9.78. The largest absolute Gasteiger partial charge is 0.481 e. The number of nitrogens with zero attached hydrogens (tertiary/aromatic N) is 1. The van der Waals surface area contributed by atoms with E-state index in [1.54, 1.807) is 25.1 Å². The average Bonchev–Trinajstić information content (AvgIpc) is 2.47. The zero-order valence-electron chi connectivity index (χ0n) is 11.8. The summed E-state index contributed by atoms with van der Waals surface area (Å²) >= 11 is 3.25. The van der Waals surface area contributed by atoms with E-state index in [2.05, 4.69) is 15.9 Å². The summed E-state index contributed by atoms with van der Waals surface area (Å²) in [6.07, 6.45) is 1.49. The Morgan fingerprint density at radius 3 is 2.67 bits per heavy atom. The van der Waals surface area contributed by atoms with Crippen molar-refractivity contribution in [3.05, 3.63) is 28.7 Å². The summed E-state index contributed by atoms with van der Waals surface area (Å²) in [5, 5.41) is 9.47. The number of carboxylic acid groups (broad SMARTS) is 1. The molecule has 1 aromatic carbocycles. The summed E-state index contributed by atoms with van der Waals surface area (Å²) in [5.74, 6) is -0.919. The highest BCUT2D eigenvalue weighted by Crippen LogP contribution is 2.37. The molecule has 0 radical (unpaired) electrons. The van der Waals surface area contributed by atoms with Gasteiger partial charge in [-0.05, 0) is 47.3 Å². The molecule has 0 aromatic heterocycles. The molecule has 1 aliphatic rings. The molecule has 1 N–H and O–H groups in total. The minimum absolute atomic E-state index is 0.0303. The molecule has 1 saturated heterocycles. The molecule has 1 aliphatic heterocycles. The second-order valence-electron chi connectivity index (χ2n) is 5.31. The first-order valence-electron chi connectivity index (χ1n) is 6.81. The quantitative estimate of drug-likeness (QED) is 0.877. The second-order valence-corrected chi connectivity index (χ2v) is 8.07. The Hall–Kier alpha value is -0.920. The standard InChI is InChI=1S/C14H18BrNO4S/c1-2-14(13(17)18)8-5-9-16(10-14)21(19,20)12-7-4-3-6-11(12)15/h3-4,6-7H,2,5,8-10H2,1H3,(H,17,18). The van der Waals surface area contributed by atoms with Gasteiger partial charge in [0.15, 0.2) is 0 Å². The third kappa shape index (κ3) is 3.00. The zero-order chi connectivity index (χ0) is 15.7. The van der Waals surface area contributed by atoms with E-state index in [-0.39, 0.29) is 11.4 Å². The van der Waals surface area contributed by atoms with Crippen LogP contribution in [0.5, 0.6) is 0 Å². The van der Waals surface area contributed by atoms with E-state index in [4.69, 9.17) is 0 Å². The Bertz CT molecular complexity index is 646. The molecule has 0 aliphatic carbocycles. The van der Waals surface area contributed by atoms with Gasteiger partial charge >= 0.3 is 5.97 Å². The Morgan fingerprint density at radius 1 is 1.43 bits per heavy atom. The molecule has 1 unspecified atom stereocenters. The first-order chi connectivity index (χ1) is 9.83. The number of carboxylic acids is 1. The van der Waals surface area contributed by atoms with Gasteiger partial charge in [0, 0.05) is 17.6 Å². The maximum absolute atomic E-state index is 12.7. The highest BCUT2D eigenvalue weighted by molar-refractivity contribution is 9.10. The molecule has 0 bridgehead atoms. The fraction of sp³-hybridized carbons (Fsp3) is 0.500. The molecule has 1 heterocycles. The van der Waals surface area contributed by atoms with Crippen molar-refractivity contribution in [1.82, 2.24) is 4.31 Å². The molecule has 2 rings (SSSR count). The van der Waals surface area contributed by atoms with Gasteiger partial charge in [0.1, 0.15) is 0 Å². The molecule has 21 heavy (non-hydrogen) atoms. The van der Waals surface area contributed by atoms with Gasteiger partial charge in [-0.25, -0.2) is 8.42 Å². The Morgan fingerprint density at radius 2 is 2.10 bits per heavy atom. The highest BCUT2D eigenvalue weighted by Gasteiger charge is 2.44. The van der Waals surface area contributed by atoms with Crippen molar-refractivity contribution in [2.45, 2.75) is 31.1 Å². The number of piperidine rings is 1. The maximum Gasteiger partial charge on any atom is 0.310 e. The van der Waals surface area contributed by atoms with Crippen molar-refractivity contribution in [1.29, 1.82) is 0 Å². The SMILES string of the molecule is CCC1(C(=O)O)CCCN(S(=O)(=O)c2ccccc2Br)C1. The molecule has 1 fully saturated rings. The van der Waals surface area contributed by atoms with Crippen LogP contribution in [-0.2, 0) is 14.8 Å². The first-order valence-corrected chi connectivity index (χ1v) is 9.05. The fourth-order valence-corrected chi connectivity index (χ4v) is 5.23. The van der Waals surface area contributed by atoms with E-state index in [1.165, 1.54) is 10.4 Å². The Balaban J connectivity index is 2.38. The lowest BCUT2D eigenvalue weighted by Gasteiger charge is -2.38. The molecule has 116 valence electrons. The van der Waals surface area contributed by atoms with E-state index < -0.39 is 21.4 Å². The van der Waals surface area contributed by atoms with Crippen LogP contribution in [0.15, 0.2) is 33.6 Å². The number of rotatable bonds is 4. The molecule has 5 nitrogen and oxygen atoms in total. The molecule has 0 spiro atoms. The molecule has 1 aromatic rings. The van der Waals surface area contributed by atoms with Crippen LogP contribution in [0, 0.1) is 5.41 Å². The summed E-state index contributed by atoms with van der Waals surface area (Å²) in [6, 6.07) is 6.60. The Kier molecular flexibility index (Phi) is 4.75. The van der Waals surface area contributed by atoms with Crippen molar-refractivity contribution in [3.8, 4) is 0 Å². The second kappa shape index (κ2) is 6.06. The monoisotopic (exact) mass is 375 g/mol. The topological polar surface area (TPSA) is 74.7 Å². The first kappa shape index (κ1) is 16.5. The minimum Gasteiger partial charge on any atom is -0.481 e. The molecular formula is C14H18BrNO4S.